The second kappa shape index (κ2) is 7.13. The third-order valence-corrected chi connectivity index (χ3v) is 9.17. The molecule has 2 unspecified atom stereocenters. The first-order chi connectivity index (χ1) is 13.9. The van der Waals surface area contributed by atoms with Crippen molar-refractivity contribution in [2.24, 2.45) is 35.0 Å². The molecule has 0 spiro atoms. The number of carbonyl (C=O) groups excluding carboxylic acids is 2. The fourth-order valence-corrected chi connectivity index (χ4v) is 8.19. The van der Waals surface area contributed by atoms with Gasteiger partial charge in [-0.15, -0.1) is 0 Å². The molecule has 0 aromatic rings. The molecule has 29 heavy (non-hydrogen) atoms. The third kappa shape index (κ3) is 3.25. The van der Waals surface area contributed by atoms with Crippen molar-refractivity contribution < 1.29 is 19.1 Å². The first-order valence-corrected chi connectivity index (χ1v) is 12.0. The molecule has 4 heteroatoms. The Morgan fingerprint density at radius 3 is 2.17 bits per heavy atom. The van der Waals surface area contributed by atoms with Crippen molar-refractivity contribution in [2.45, 2.75) is 95.7 Å². The van der Waals surface area contributed by atoms with Gasteiger partial charge in [0.2, 0.25) is 0 Å². The fourth-order valence-electron chi connectivity index (χ4n) is 8.19. The zero-order chi connectivity index (χ0) is 20.2. The molecule has 0 radical (unpaired) electrons. The maximum Gasteiger partial charge on any atom is 0.330 e. The Morgan fingerprint density at radius 1 is 0.931 bits per heavy atom. The molecule has 6 saturated carbocycles. The highest BCUT2D eigenvalue weighted by Crippen LogP contribution is 2.67. The van der Waals surface area contributed by atoms with Crippen LogP contribution in [0.15, 0.2) is 12.7 Å². The maximum atomic E-state index is 13.3. The van der Waals surface area contributed by atoms with Gasteiger partial charge in [-0.3, -0.25) is 4.79 Å². The summed E-state index contributed by atoms with van der Waals surface area (Å²) < 4.78 is 12.0. The van der Waals surface area contributed by atoms with Crippen molar-refractivity contribution in [3.8, 4) is 0 Å². The van der Waals surface area contributed by atoms with Gasteiger partial charge >= 0.3 is 11.9 Å². The van der Waals surface area contributed by atoms with E-state index in [0.717, 1.165) is 5.92 Å². The molecule has 0 amide bonds. The molecule has 6 fully saturated rings. The molecule has 2 atom stereocenters. The smallest absolute Gasteiger partial charge is 0.330 e. The third-order valence-electron chi connectivity index (χ3n) is 9.17. The van der Waals surface area contributed by atoms with Gasteiger partial charge in [0, 0.05) is 17.9 Å². The van der Waals surface area contributed by atoms with Crippen LogP contribution in [0.25, 0.3) is 0 Å². The van der Waals surface area contributed by atoms with E-state index < -0.39 is 5.97 Å². The van der Waals surface area contributed by atoms with Gasteiger partial charge in [0.1, 0.15) is 11.7 Å². The molecule has 6 aliphatic carbocycles. The number of rotatable bonds is 5. The van der Waals surface area contributed by atoms with Crippen LogP contribution in [-0.4, -0.2) is 23.6 Å². The van der Waals surface area contributed by atoms with E-state index in [0.29, 0.717) is 36.0 Å². The number of esters is 2. The standard InChI is InChI=1S/C25H36O4/c1-3-22(26)28-21-11-17(12-21)23(27)29-25(18-7-5-4-6-8-18)19-9-16-10-20(25)15-24(2,13-16)14-19/h3,16-21H,1,4-15H2,2H3. The van der Waals surface area contributed by atoms with Crippen LogP contribution in [-0.2, 0) is 19.1 Å². The van der Waals surface area contributed by atoms with E-state index in [9.17, 15) is 9.59 Å². The average molecular weight is 401 g/mol. The molecule has 0 aromatic heterocycles. The summed E-state index contributed by atoms with van der Waals surface area (Å²) in [6, 6.07) is 0. The lowest BCUT2D eigenvalue weighted by molar-refractivity contribution is -0.250. The molecule has 4 nitrogen and oxygen atoms in total. The Bertz CT molecular complexity index is 669. The summed E-state index contributed by atoms with van der Waals surface area (Å²) in [5.74, 6) is 1.99. The first kappa shape index (κ1) is 19.6. The molecule has 6 rings (SSSR count). The summed E-state index contributed by atoms with van der Waals surface area (Å²) in [5, 5.41) is 0. The molecular weight excluding hydrogens is 364 g/mol. The summed E-state index contributed by atoms with van der Waals surface area (Å²) >= 11 is 0. The van der Waals surface area contributed by atoms with Gasteiger partial charge in [-0.25, -0.2) is 4.79 Å². The van der Waals surface area contributed by atoms with Crippen LogP contribution in [0.4, 0.5) is 0 Å². The van der Waals surface area contributed by atoms with Crippen molar-refractivity contribution in [3.63, 3.8) is 0 Å². The zero-order valence-electron chi connectivity index (χ0n) is 17.9. The Balaban J connectivity index is 1.34. The lowest BCUT2D eigenvalue weighted by Gasteiger charge is -2.66. The Hall–Kier alpha value is -1.32. The van der Waals surface area contributed by atoms with E-state index in [1.54, 1.807) is 0 Å². The second-order valence-corrected chi connectivity index (χ2v) is 11.2. The highest BCUT2D eigenvalue weighted by molar-refractivity contribution is 5.81. The van der Waals surface area contributed by atoms with Gasteiger partial charge in [0.05, 0.1) is 5.92 Å². The highest BCUT2D eigenvalue weighted by Gasteiger charge is 2.65. The number of ether oxygens (including phenoxy) is 2. The molecular formula is C25H36O4. The highest BCUT2D eigenvalue weighted by atomic mass is 16.6. The van der Waals surface area contributed by atoms with E-state index in [-0.39, 0.29) is 23.6 Å². The largest absolute Gasteiger partial charge is 0.459 e. The van der Waals surface area contributed by atoms with E-state index in [4.69, 9.17) is 9.47 Å². The summed E-state index contributed by atoms with van der Waals surface area (Å²) in [6.45, 7) is 5.93. The van der Waals surface area contributed by atoms with Crippen molar-refractivity contribution in [2.75, 3.05) is 0 Å². The van der Waals surface area contributed by atoms with Gasteiger partial charge in [-0.1, -0.05) is 32.8 Å². The van der Waals surface area contributed by atoms with Gasteiger partial charge in [0.25, 0.3) is 0 Å². The molecule has 0 aromatic carbocycles. The van der Waals surface area contributed by atoms with Crippen molar-refractivity contribution in [3.05, 3.63) is 12.7 Å². The predicted molar refractivity (Wildman–Crippen MR) is 110 cm³/mol. The molecule has 0 aliphatic heterocycles. The minimum Gasteiger partial charge on any atom is -0.459 e. The topological polar surface area (TPSA) is 52.6 Å². The molecule has 6 aliphatic rings. The van der Waals surface area contributed by atoms with Crippen LogP contribution in [0.2, 0.25) is 0 Å². The van der Waals surface area contributed by atoms with Crippen LogP contribution in [0.1, 0.15) is 84.0 Å². The number of hydrogen-bond acceptors (Lipinski definition) is 4. The summed E-state index contributed by atoms with van der Waals surface area (Å²) in [7, 11) is 0. The Morgan fingerprint density at radius 2 is 1.59 bits per heavy atom. The zero-order valence-corrected chi connectivity index (χ0v) is 17.9. The van der Waals surface area contributed by atoms with E-state index in [1.165, 1.54) is 70.3 Å². The first-order valence-electron chi connectivity index (χ1n) is 12.0. The lowest BCUT2D eigenvalue weighted by atomic mass is 9.42. The monoisotopic (exact) mass is 400 g/mol. The summed E-state index contributed by atoms with van der Waals surface area (Å²) in [5.41, 5.74) is 0.262. The number of carbonyl (C=O) groups is 2. The van der Waals surface area contributed by atoms with Crippen LogP contribution < -0.4 is 0 Å². The average Bonchev–Trinajstić information content (AvgIpc) is 2.66. The minimum atomic E-state index is -0.394. The fraction of sp³-hybridized carbons (Fsp3) is 0.840. The van der Waals surface area contributed by atoms with Crippen molar-refractivity contribution in [1.29, 1.82) is 0 Å². The van der Waals surface area contributed by atoms with Crippen LogP contribution in [0.5, 0.6) is 0 Å². The van der Waals surface area contributed by atoms with E-state index in [1.807, 2.05) is 0 Å². The molecule has 0 saturated heterocycles. The number of hydrogen-bond donors (Lipinski definition) is 0. The molecule has 0 N–H and O–H groups in total. The van der Waals surface area contributed by atoms with Crippen LogP contribution in [0, 0.1) is 35.0 Å². The summed E-state index contributed by atoms with van der Waals surface area (Å²) in [6.07, 6.45) is 15.0. The van der Waals surface area contributed by atoms with Gasteiger partial charge in [-0.2, -0.15) is 0 Å². The normalized spacial score (nSPS) is 46.0. The lowest BCUT2D eigenvalue weighted by Crippen LogP contribution is -2.66. The Labute approximate surface area is 174 Å². The summed E-state index contributed by atoms with van der Waals surface area (Å²) in [4.78, 5) is 24.7. The molecule has 160 valence electrons. The SMILES string of the molecule is C=CC(=O)OC1CC(C(=O)OC2(C3CCCCC3)C3CC4CC2CC(C)(C4)C3)C1. The van der Waals surface area contributed by atoms with Gasteiger partial charge < -0.3 is 9.47 Å². The van der Waals surface area contributed by atoms with Crippen LogP contribution in [0.3, 0.4) is 0 Å². The van der Waals surface area contributed by atoms with Gasteiger partial charge in [0.15, 0.2) is 0 Å². The quantitative estimate of drug-likeness (QED) is 0.470. The van der Waals surface area contributed by atoms with E-state index >= 15 is 0 Å². The molecule has 4 bridgehead atoms. The van der Waals surface area contributed by atoms with Crippen LogP contribution >= 0.6 is 0 Å². The minimum absolute atomic E-state index is 0.0147. The molecule has 0 heterocycles. The van der Waals surface area contributed by atoms with Crippen molar-refractivity contribution in [1.82, 2.24) is 0 Å². The Kier molecular flexibility index (Phi) is 4.83. The van der Waals surface area contributed by atoms with Gasteiger partial charge in [-0.05, 0) is 75.0 Å². The maximum absolute atomic E-state index is 13.3. The van der Waals surface area contributed by atoms with Crippen molar-refractivity contribution >= 4 is 11.9 Å². The second-order valence-electron chi connectivity index (χ2n) is 11.2. The predicted octanol–water partition coefficient (Wildman–Crippen LogP) is 5.20. The van der Waals surface area contributed by atoms with E-state index in [2.05, 4.69) is 13.5 Å².